The van der Waals surface area contributed by atoms with Gasteiger partial charge in [0.25, 0.3) is 0 Å². The van der Waals surface area contributed by atoms with E-state index in [1.807, 2.05) is 6.08 Å². The van der Waals surface area contributed by atoms with E-state index >= 15 is 0 Å². The van der Waals surface area contributed by atoms with Crippen molar-refractivity contribution < 1.29 is 5.11 Å². The van der Waals surface area contributed by atoms with Gasteiger partial charge in [-0.15, -0.1) is 0 Å². The van der Waals surface area contributed by atoms with Crippen molar-refractivity contribution >= 4 is 0 Å². The summed E-state index contributed by atoms with van der Waals surface area (Å²) in [6.45, 7) is 8.46. The average Bonchev–Trinajstić information content (AvgIpc) is 1.92. The van der Waals surface area contributed by atoms with Gasteiger partial charge in [0, 0.05) is 5.92 Å². The van der Waals surface area contributed by atoms with Gasteiger partial charge in [0.15, 0.2) is 0 Å². The SMILES string of the molecule is CC1=CC(C(C)(C)C)[C](O)C=C1. The molecule has 0 fully saturated rings. The van der Waals surface area contributed by atoms with Gasteiger partial charge < -0.3 is 5.11 Å². The second kappa shape index (κ2) is 3.06. The fourth-order valence-electron chi connectivity index (χ4n) is 1.42. The van der Waals surface area contributed by atoms with E-state index in [1.165, 1.54) is 5.57 Å². The van der Waals surface area contributed by atoms with Gasteiger partial charge in [0.05, 0.1) is 0 Å². The van der Waals surface area contributed by atoms with Crippen LogP contribution in [0.1, 0.15) is 27.7 Å². The van der Waals surface area contributed by atoms with Gasteiger partial charge in [-0.05, 0) is 18.4 Å². The molecule has 1 aliphatic carbocycles. The van der Waals surface area contributed by atoms with E-state index in [2.05, 4.69) is 33.8 Å². The number of rotatable bonds is 0. The Hall–Kier alpha value is -0.560. The molecule has 0 saturated heterocycles. The Morgan fingerprint density at radius 2 is 1.83 bits per heavy atom. The minimum Gasteiger partial charge on any atom is -0.382 e. The maximum Gasteiger partial charge on any atom is 0.123 e. The lowest BCUT2D eigenvalue weighted by Crippen LogP contribution is -2.25. The lowest BCUT2D eigenvalue weighted by atomic mass is 9.75. The quantitative estimate of drug-likeness (QED) is 0.585. The van der Waals surface area contributed by atoms with Gasteiger partial charge in [0.1, 0.15) is 6.10 Å². The first-order valence-corrected chi connectivity index (χ1v) is 4.33. The Labute approximate surface area is 74.8 Å². The summed E-state index contributed by atoms with van der Waals surface area (Å²) in [6, 6.07) is 0. The molecule has 0 amide bonds. The maximum atomic E-state index is 9.61. The molecular weight excluding hydrogens is 148 g/mol. The predicted octanol–water partition coefficient (Wildman–Crippen LogP) is 3.07. The highest BCUT2D eigenvalue weighted by Gasteiger charge is 2.30. The van der Waals surface area contributed by atoms with Crippen molar-refractivity contribution in [1.29, 1.82) is 0 Å². The third-order valence-corrected chi connectivity index (χ3v) is 2.20. The maximum absolute atomic E-state index is 9.61. The van der Waals surface area contributed by atoms with Gasteiger partial charge in [-0.3, -0.25) is 0 Å². The molecule has 0 heterocycles. The van der Waals surface area contributed by atoms with Gasteiger partial charge in [-0.2, -0.15) is 0 Å². The summed E-state index contributed by atoms with van der Waals surface area (Å²) in [6.07, 6.45) is 6.34. The van der Waals surface area contributed by atoms with Gasteiger partial charge >= 0.3 is 0 Å². The first kappa shape index (κ1) is 9.53. The van der Waals surface area contributed by atoms with E-state index in [1.54, 1.807) is 6.08 Å². The molecule has 0 aliphatic heterocycles. The van der Waals surface area contributed by atoms with Gasteiger partial charge in [0.2, 0.25) is 0 Å². The van der Waals surface area contributed by atoms with Crippen LogP contribution in [0.2, 0.25) is 0 Å². The minimum atomic E-state index is 0.107. The largest absolute Gasteiger partial charge is 0.382 e. The Kier molecular flexibility index (Phi) is 2.43. The lowest BCUT2D eigenvalue weighted by molar-refractivity contribution is 0.190. The van der Waals surface area contributed by atoms with E-state index in [0.29, 0.717) is 6.10 Å². The van der Waals surface area contributed by atoms with Crippen molar-refractivity contribution in [2.75, 3.05) is 0 Å². The Balaban J connectivity index is 2.85. The lowest BCUT2D eigenvalue weighted by Gasteiger charge is -2.32. The Morgan fingerprint density at radius 1 is 1.25 bits per heavy atom. The molecular formula is C11H17O. The number of hydrogen-bond donors (Lipinski definition) is 1. The summed E-state index contributed by atoms with van der Waals surface area (Å²) >= 11 is 0. The van der Waals surface area contributed by atoms with Crippen LogP contribution in [0.25, 0.3) is 0 Å². The second-order valence-corrected chi connectivity index (χ2v) is 4.51. The number of aliphatic hydroxyl groups excluding tert-OH is 1. The summed E-state index contributed by atoms with van der Waals surface area (Å²) in [5, 5.41) is 9.61. The highest BCUT2D eigenvalue weighted by molar-refractivity contribution is 5.31. The molecule has 67 valence electrons. The van der Waals surface area contributed by atoms with E-state index in [0.717, 1.165) is 0 Å². The van der Waals surface area contributed by atoms with Crippen molar-refractivity contribution in [3.8, 4) is 0 Å². The fourth-order valence-corrected chi connectivity index (χ4v) is 1.42. The monoisotopic (exact) mass is 165 g/mol. The standard InChI is InChI=1S/C11H17O/c1-8-5-6-10(12)9(7-8)11(2,3)4/h5-7,9,12H,1-4H3. The first-order chi connectivity index (χ1) is 5.41. The Morgan fingerprint density at radius 3 is 2.25 bits per heavy atom. The summed E-state index contributed by atoms with van der Waals surface area (Å²) in [5.41, 5.74) is 1.34. The molecule has 1 heteroatoms. The third kappa shape index (κ3) is 1.98. The topological polar surface area (TPSA) is 20.2 Å². The molecule has 0 bridgehead atoms. The zero-order valence-corrected chi connectivity index (χ0v) is 8.26. The summed E-state index contributed by atoms with van der Waals surface area (Å²) in [7, 11) is 0. The van der Waals surface area contributed by atoms with Crippen molar-refractivity contribution in [2.45, 2.75) is 27.7 Å². The summed E-state index contributed by atoms with van der Waals surface area (Å²) in [4.78, 5) is 0. The molecule has 0 aromatic carbocycles. The van der Waals surface area contributed by atoms with Crippen LogP contribution >= 0.6 is 0 Å². The van der Waals surface area contributed by atoms with Crippen LogP contribution in [0.4, 0.5) is 0 Å². The van der Waals surface area contributed by atoms with Crippen LogP contribution < -0.4 is 0 Å². The summed E-state index contributed by atoms with van der Waals surface area (Å²) < 4.78 is 0. The molecule has 1 atom stereocenters. The molecule has 1 N–H and O–H groups in total. The molecule has 1 nitrogen and oxygen atoms in total. The first-order valence-electron chi connectivity index (χ1n) is 4.33. The molecule has 0 aromatic heterocycles. The smallest absolute Gasteiger partial charge is 0.123 e. The summed E-state index contributed by atoms with van der Waals surface area (Å²) in [5.74, 6) is 0.169. The van der Waals surface area contributed by atoms with Gasteiger partial charge in [-0.25, -0.2) is 0 Å². The van der Waals surface area contributed by atoms with Crippen molar-refractivity contribution in [3.63, 3.8) is 0 Å². The average molecular weight is 165 g/mol. The Bertz CT molecular complexity index is 218. The van der Waals surface area contributed by atoms with E-state index in [-0.39, 0.29) is 11.3 Å². The zero-order chi connectivity index (χ0) is 9.35. The third-order valence-electron chi connectivity index (χ3n) is 2.20. The van der Waals surface area contributed by atoms with Crippen LogP contribution in [0.5, 0.6) is 0 Å². The van der Waals surface area contributed by atoms with Crippen LogP contribution in [0, 0.1) is 17.4 Å². The van der Waals surface area contributed by atoms with Crippen molar-refractivity contribution in [2.24, 2.45) is 11.3 Å². The van der Waals surface area contributed by atoms with Crippen molar-refractivity contribution in [1.82, 2.24) is 0 Å². The molecule has 1 radical (unpaired) electrons. The molecule has 0 spiro atoms. The van der Waals surface area contributed by atoms with Crippen LogP contribution in [0.15, 0.2) is 23.8 Å². The molecule has 0 aromatic rings. The fraction of sp³-hybridized carbons (Fsp3) is 0.545. The predicted molar refractivity (Wildman–Crippen MR) is 51.0 cm³/mol. The highest BCUT2D eigenvalue weighted by Crippen LogP contribution is 2.37. The normalized spacial score (nSPS) is 25.8. The van der Waals surface area contributed by atoms with E-state index < -0.39 is 0 Å². The molecule has 12 heavy (non-hydrogen) atoms. The van der Waals surface area contributed by atoms with Crippen molar-refractivity contribution in [3.05, 3.63) is 29.9 Å². The van der Waals surface area contributed by atoms with Crippen LogP contribution in [-0.2, 0) is 0 Å². The highest BCUT2D eigenvalue weighted by atomic mass is 16.3. The molecule has 1 rings (SSSR count). The van der Waals surface area contributed by atoms with Gasteiger partial charge in [-0.1, -0.05) is 38.5 Å². The molecule has 1 aliphatic rings. The number of allylic oxidation sites excluding steroid dienone is 2. The van der Waals surface area contributed by atoms with E-state index in [4.69, 9.17) is 0 Å². The van der Waals surface area contributed by atoms with Crippen LogP contribution in [0.3, 0.4) is 0 Å². The minimum absolute atomic E-state index is 0.107. The second-order valence-electron chi connectivity index (χ2n) is 4.51. The number of hydrogen-bond acceptors (Lipinski definition) is 1. The number of aliphatic hydroxyl groups is 1. The van der Waals surface area contributed by atoms with E-state index in [9.17, 15) is 5.11 Å². The van der Waals surface area contributed by atoms with Crippen LogP contribution in [-0.4, -0.2) is 5.11 Å². The zero-order valence-electron chi connectivity index (χ0n) is 8.26. The molecule has 1 unspecified atom stereocenters. The molecule has 0 saturated carbocycles.